The summed E-state index contributed by atoms with van der Waals surface area (Å²) in [4.78, 5) is 3.97. The van der Waals surface area contributed by atoms with Crippen LogP contribution < -0.4 is 0 Å². The quantitative estimate of drug-likeness (QED) is 0.725. The van der Waals surface area contributed by atoms with E-state index in [1.807, 2.05) is 0 Å². The van der Waals surface area contributed by atoms with Crippen LogP contribution >= 0.6 is 0 Å². The number of aromatic nitrogens is 3. The minimum Gasteiger partial charge on any atom is -0.385 e. The Labute approximate surface area is 77.4 Å². The maximum atomic E-state index is 9.90. The molecular formula is C9H15N3O. The van der Waals surface area contributed by atoms with Crippen LogP contribution in [0.25, 0.3) is 0 Å². The molecule has 1 unspecified atom stereocenters. The lowest BCUT2D eigenvalue weighted by molar-refractivity contribution is 0.0774. The Morgan fingerprint density at radius 1 is 1.38 bits per heavy atom. The van der Waals surface area contributed by atoms with E-state index in [2.05, 4.69) is 15.2 Å². The van der Waals surface area contributed by atoms with Gasteiger partial charge in [0.2, 0.25) is 0 Å². The van der Waals surface area contributed by atoms with Crippen molar-refractivity contribution in [2.45, 2.75) is 38.2 Å². The SMILES string of the molecule is OC(c1ncn[nH]1)C1CCCCC1. The van der Waals surface area contributed by atoms with E-state index in [4.69, 9.17) is 0 Å². The summed E-state index contributed by atoms with van der Waals surface area (Å²) in [5.74, 6) is 0.994. The molecule has 4 nitrogen and oxygen atoms in total. The molecule has 1 fully saturated rings. The molecule has 1 saturated carbocycles. The third kappa shape index (κ3) is 1.88. The van der Waals surface area contributed by atoms with Crippen LogP contribution in [-0.2, 0) is 0 Å². The Balaban J connectivity index is 1.99. The predicted molar refractivity (Wildman–Crippen MR) is 47.9 cm³/mol. The monoisotopic (exact) mass is 181 g/mol. The van der Waals surface area contributed by atoms with Gasteiger partial charge >= 0.3 is 0 Å². The van der Waals surface area contributed by atoms with Gasteiger partial charge in [0, 0.05) is 0 Å². The number of aliphatic hydroxyl groups is 1. The molecule has 2 N–H and O–H groups in total. The van der Waals surface area contributed by atoms with Crippen molar-refractivity contribution in [3.63, 3.8) is 0 Å². The van der Waals surface area contributed by atoms with Gasteiger partial charge in [0.15, 0.2) is 5.82 Å². The van der Waals surface area contributed by atoms with Gasteiger partial charge in [-0.15, -0.1) is 0 Å². The van der Waals surface area contributed by atoms with Gasteiger partial charge in [0.1, 0.15) is 12.4 Å². The zero-order chi connectivity index (χ0) is 9.10. The van der Waals surface area contributed by atoms with Crippen LogP contribution in [0.5, 0.6) is 0 Å². The molecule has 0 spiro atoms. The van der Waals surface area contributed by atoms with E-state index in [1.54, 1.807) is 0 Å². The topological polar surface area (TPSA) is 61.8 Å². The van der Waals surface area contributed by atoms with Crippen molar-refractivity contribution in [2.24, 2.45) is 5.92 Å². The Bertz CT molecular complexity index is 241. The summed E-state index contributed by atoms with van der Waals surface area (Å²) in [7, 11) is 0. The first-order valence-electron chi connectivity index (χ1n) is 4.91. The van der Waals surface area contributed by atoms with E-state index in [9.17, 15) is 5.11 Å². The number of nitrogens with one attached hydrogen (secondary N) is 1. The molecule has 0 radical (unpaired) electrons. The molecule has 0 bridgehead atoms. The number of nitrogens with zero attached hydrogens (tertiary/aromatic N) is 2. The minimum absolute atomic E-state index is 0.377. The molecule has 0 aliphatic heterocycles. The third-order valence-electron chi connectivity index (χ3n) is 2.81. The van der Waals surface area contributed by atoms with Gasteiger partial charge in [-0.05, 0) is 18.8 Å². The van der Waals surface area contributed by atoms with Crippen LogP contribution in [-0.4, -0.2) is 20.3 Å². The molecule has 2 rings (SSSR count). The molecule has 13 heavy (non-hydrogen) atoms. The van der Waals surface area contributed by atoms with Crippen LogP contribution in [0.1, 0.15) is 44.0 Å². The molecule has 1 aliphatic carbocycles. The summed E-state index contributed by atoms with van der Waals surface area (Å²) in [6.45, 7) is 0. The standard InChI is InChI=1S/C9H15N3O/c13-8(9-10-6-11-12-9)7-4-2-1-3-5-7/h6-8,13H,1-5H2,(H,10,11,12). The number of hydrogen-bond donors (Lipinski definition) is 2. The van der Waals surface area contributed by atoms with Crippen molar-refractivity contribution in [3.8, 4) is 0 Å². The maximum absolute atomic E-state index is 9.90. The summed E-state index contributed by atoms with van der Waals surface area (Å²) in [5, 5.41) is 16.4. The normalized spacial score (nSPS) is 21.6. The van der Waals surface area contributed by atoms with Gasteiger partial charge in [-0.25, -0.2) is 4.98 Å². The van der Waals surface area contributed by atoms with Gasteiger partial charge in [-0.1, -0.05) is 19.3 Å². The second-order valence-electron chi connectivity index (χ2n) is 3.71. The van der Waals surface area contributed by atoms with E-state index in [0.717, 1.165) is 12.8 Å². The molecule has 1 atom stereocenters. The average molecular weight is 181 g/mol. The van der Waals surface area contributed by atoms with Crippen molar-refractivity contribution in [1.82, 2.24) is 15.2 Å². The van der Waals surface area contributed by atoms with Crippen molar-refractivity contribution in [2.75, 3.05) is 0 Å². The fourth-order valence-electron chi connectivity index (χ4n) is 2.03. The highest BCUT2D eigenvalue weighted by Crippen LogP contribution is 2.32. The first-order chi connectivity index (χ1) is 6.38. The molecule has 1 aromatic rings. The molecule has 0 amide bonds. The lowest BCUT2D eigenvalue weighted by atomic mass is 9.85. The van der Waals surface area contributed by atoms with Crippen molar-refractivity contribution in [3.05, 3.63) is 12.2 Å². The van der Waals surface area contributed by atoms with E-state index >= 15 is 0 Å². The van der Waals surface area contributed by atoms with Crippen LogP contribution in [0, 0.1) is 5.92 Å². The highest BCUT2D eigenvalue weighted by atomic mass is 16.3. The Morgan fingerprint density at radius 3 is 2.77 bits per heavy atom. The third-order valence-corrected chi connectivity index (χ3v) is 2.81. The number of aliphatic hydroxyl groups excluding tert-OH is 1. The zero-order valence-electron chi connectivity index (χ0n) is 7.61. The smallest absolute Gasteiger partial charge is 0.153 e. The number of hydrogen-bond acceptors (Lipinski definition) is 3. The van der Waals surface area contributed by atoms with Gasteiger partial charge < -0.3 is 5.11 Å². The molecule has 0 aromatic carbocycles. The number of rotatable bonds is 2. The van der Waals surface area contributed by atoms with Crippen molar-refractivity contribution >= 4 is 0 Å². The van der Waals surface area contributed by atoms with E-state index in [1.165, 1.54) is 25.6 Å². The van der Waals surface area contributed by atoms with Crippen molar-refractivity contribution in [1.29, 1.82) is 0 Å². The highest BCUT2D eigenvalue weighted by molar-refractivity contribution is 4.90. The fourth-order valence-corrected chi connectivity index (χ4v) is 2.03. The van der Waals surface area contributed by atoms with Crippen LogP contribution in [0.4, 0.5) is 0 Å². The first kappa shape index (κ1) is 8.69. The molecule has 1 aromatic heterocycles. The lowest BCUT2D eigenvalue weighted by Crippen LogP contribution is -2.17. The highest BCUT2D eigenvalue weighted by Gasteiger charge is 2.24. The van der Waals surface area contributed by atoms with E-state index in [0.29, 0.717) is 11.7 Å². The van der Waals surface area contributed by atoms with E-state index < -0.39 is 6.10 Å². The van der Waals surface area contributed by atoms with Gasteiger partial charge in [-0.2, -0.15) is 5.10 Å². The fraction of sp³-hybridized carbons (Fsp3) is 0.778. The van der Waals surface area contributed by atoms with Crippen LogP contribution in [0.2, 0.25) is 0 Å². The first-order valence-corrected chi connectivity index (χ1v) is 4.91. The average Bonchev–Trinajstić information content (AvgIpc) is 2.71. The van der Waals surface area contributed by atoms with Crippen LogP contribution in [0.15, 0.2) is 6.33 Å². The molecular weight excluding hydrogens is 166 g/mol. The zero-order valence-corrected chi connectivity index (χ0v) is 7.61. The molecule has 0 saturated heterocycles. The predicted octanol–water partition coefficient (Wildman–Crippen LogP) is 1.42. The largest absolute Gasteiger partial charge is 0.385 e. The maximum Gasteiger partial charge on any atom is 0.153 e. The summed E-state index contributed by atoms with van der Waals surface area (Å²) in [6.07, 6.45) is 7.00. The van der Waals surface area contributed by atoms with E-state index in [-0.39, 0.29) is 0 Å². The number of H-pyrrole nitrogens is 1. The Morgan fingerprint density at radius 2 is 2.15 bits per heavy atom. The molecule has 1 heterocycles. The Kier molecular flexibility index (Phi) is 2.59. The molecule has 1 aliphatic rings. The summed E-state index contributed by atoms with van der Waals surface area (Å²) in [6, 6.07) is 0. The summed E-state index contributed by atoms with van der Waals surface area (Å²) < 4.78 is 0. The second-order valence-corrected chi connectivity index (χ2v) is 3.71. The second kappa shape index (κ2) is 3.87. The van der Waals surface area contributed by atoms with Gasteiger partial charge in [0.05, 0.1) is 0 Å². The number of aromatic amines is 1. The molecule has 4 heteroatoms. The lowest BCUT2D eigenvalue weighted by Gasteiger charge is -2.24. The Hall–Kier alpha value is -0.900. The van der Waals surface area contributed by atoms with Gasteiger partial charge in [0.25, 0.3) is 0 Å². The molecule has 72 valence electrons. The summed E-state index contributed by atoms with van der Waals surface area (Å²) in [5.41, 5.74) is 0. The summed E-state index contributed by atoms with van der Waals surface area (Å²) >= 11 is 0. The van der Waals surface area contributed by atoms with Crippen LogP contribution in [0.3, 0.4) is 0 Å². The minimum atomic E-state index is -0.442. The van der Waals surface area contributed by atoms with Crippen molar-refractivity contribution < 1.29 is 5.11 Å². The van der Waals surface area contributed by atoms with Gasteiger partial charge in [-0.3, -0.25) is 5.10 Å².